The first kappa shape index (κ1) is 46.3. The molecule has 0 heterocycles. The van der Waals surface area contributed by atoms with Gasteiger partial charge in [0.2, 0.25) is 15.7 Å². The fraction of sp³-hybridized carbons (Fsp3) is 0.172. The number of hydrogen-bond donors (Lipinski definition) is 0. The van der Waals surface area contributed by atoms with Gasteiger partial charge in [-0.15, -0.1) is 0 Å². The fourth-order valence-electron chi connectivity index (χ4n) is 11.7. The Morgan fingerprint density at radius 2 is 0.400 bits per heavy atom. The SMILES string of the molecule is CC(C)(C)O[Si](c1ccccc1)(c1ccccc1)[Si](c1ccccc1)(c1ccccc1)[Si](C)(C)[Si](c1ccccc1)(c1ccccc1)[Si](OC(C)(C)C)(c1ccccc1)c1ccccc1. The Hall–Kier alpha value is -5.24. The summed E-state index contributed by atoms with van der Waals surface area (Å²) >= 11 is 0. The van der Waals surface area contributed by atoms with Crippen molar-refractivity contribution >= 4 is 78.5 Å². The van der Waals surface area contributed by atoms with E-state index in [4.69, 9.17) is 8.85 Å². The second-order valence-electron chi connectivity index (χ2n) is 19.8. The molecule has 8 aromatic carbocycles. The molecular formula is C58H64O2Si5. The Kier molecular flexibility index (Phi) is 13.2. The van der Waals surface area contributed by atoms with Crippen LogP contribution >= 0.6 is 0 Å². The molecule has 2 nitrogen and oxygen atoms in total. The van der Waals surface area contributed by atoms with Crippen molar-refractivity contribution in [2.75, 3.05) is 0 Å². The number of rotatable bonds is 14. The summed E-state index contributed by atoms with van der Waals surface area (Å²) in [6.45, 7) is 19.4. The average molecular weight is 934 g/mol. The molecule has 0 aliphatic carbocycles. The minimum Gasteiger partial charge on any atom is -0.406 e. The predicted molar refractivity (Wildman–Crippen MR) is 291 cm³/mol. The van der Waals surface area contributed by atoms with Crippen LogP contribution in [-0.4, -0.2) is 48.2 Å². The summed E-state index contributed by atoms with van der Waals surface area (Å²) in [4.78, 5) is 0. The Morgan fingerprint density at radius 3 is 0.554 bits per heavy atom. The lowest BCUT2D eigenvalue weighted by atomic mass is 10.2. The van der Waals surface area contributed by atoms with Crippen LogP contribution in [0.3, 0.4) is 0 Å². The molecule has 0 aliphatic rings. The molecule has 65 heavy (non-hydrogen) atoms. The topological polar surface area (TPSA) is 18.5 Å². The van der Waals surface area contributed by atoms with Gasteiger partial charge in [0.1, 0.15) is 14.2 Å². The Morgan fingerprint density at radius 1 is 0.246 bits per heavy atom. The maximum absolute atomic E-state index is 8.58. The summed E-state index contributed by atoms with van der Waals surface area (Å²) in [6, 6.07) is 93.3. The van der Waals surface area contributed by atoms with Gasteiger partial charge in [-0.1, -0.05) is 276 Å². The zero-order chi connectivity index (χ0) is 45.8. The number of hydrogen-bond acceptors (Lipinski definition) is 2. The molecule has 0 amide bonds. The van der Waals surface area contributed by atoms with Gasteiger partial charge in [0, 0.05) is 11.2 Å². The van der Waals surface area contributed by atoms with Crippen LogP contribution in [0.15, 0.2) is 243 Å². The monoisotopic (exact) mass is 932 g/mol. The van der Waals surface area contributed by atoms with Gasteiger partial charge >= 0.3 is 0 Å². The minimum absolute atomic E-state index is 0.525. The quantitative estimate of drug-likeness (QED) is 0.102. The van der Waals surface area contributed by atoms with E-state index in [9.17, 15) is 0 Å². The lowest BCUT2D eigenvalue weighted by molar-refractivity contribution is 0.131. The van der Waals surface area contributed by atoms with Crippen LogP contribution in [0.1, 0.15) is 41.5 Å². The van der Waals surface area contributed by atoms with E-state index in [-0.39, 0.29) is 0 Å². The molecular weight excluding hydrogens is 869 g/mol. The lowest BCUT2D eigenvalue weighted by Crippen LogP contribution is -3.06. The molecule has 8 aromatic rings. The third-order valence-electron chi connectivity index (χ3n) is 13.4. The highest BCUT2D eigenvalue weighted by Gasteiger charge is 2.80. The van der Waals surface area contributed by atoms with Crippen LogP contribution in [-0.2, 0) is 8.85 Å². The van der Waals surface area contributed by atoms with Crippen molar-refractivity contribution < 1.29 is 8.85 Å². The molecule has 0 atom stereocenters. The molecule has 0 saturated carbocycles. The van der Waals surface area contributed by atoms with Crippen LogP contribution in [0, 0.1) is 0 Å². The van der Waals surface area contributed by atoms with Gasteiger partial charge in [-0.25, -0.2) is 0 Å². The molecule has 328 valence electrons. The van der Waals surface area contributed by atoms with E-state index in [2.05, 4.69) is 297 Å². The van der Waals surface area contributed by atoms with Gasteiger partial charge in [0.05, 0.1) is 7.11 Å². The molecule has 0 radical (unpaired) electrons. The molecule has 0 bridgehead atoms. The highest BCUT2D eigenvalue weighted by atomic mass is 29.9. The third-order valence-corrected chi connectivity index (χ3v) is 87.9. The smallest absolute Gasteiger partial charge is 0.248 e. The zero-order valence-electron chi connectivity index (χ0n) is 39.4. The number of benzene rings is 8. The summed E-state index contributed by atoms with van der Waals surface area (Å²) in [5, 5.41) is 11.0. The first-order chi connectivity index (χ1) is 31.3. The Balaban J connectivity index is 1.79. The van der Waals surface area contributed by atoms with Crippen molar-refractivity contribution in [2.24, 2.45) is 0 Å². The van der Waals surface area contributed by atoms with Crippen LogP contribution in [0.25, 0.3) is 0 Å². The first-order valence-corrected chi connectivity index (χ1v) is 37.9. The van der Waals surface area contributed by atoms with Gasteiger partial charge in [-0.05, 0) is 62.3 Å². The van der Waals surface area contributed by atoms with Crippen molar-refractivity contribution in [3.05, 3.63) is 243 Å². The van der Waals surface area contributed by atoms with Crippen molar-refractivity contribution in [3.63, 3.8) is 0 Å². The van der Waals surface area contributed by atoms with E-state index in [1.54, 1.807) is 0 Å². The van der Waals surface area contributed by atoms with Crippen molar-refractivity contribution in [3.8, 4) is 0 Å². The van der Waals surface area contributed by atoms with Crippen LogP contribution < -0.4 is 41.5 Å². The zero-order valence-corrected chi connectivity index (χ0v) is 44.4. The predicted octanol–water partition coefficient (Wildman–Crippen LogP) is 8.68. The van der Waals surface area contributed by atoms with E-state index in [0.717, 1.165) is 0 Å². The van der Waals surface area contributed by atoms with Gasteiger partial charge in [0.25, 0.3) is 0 Å². The van der Waals surface area contributed by atoms with Crippen molar-refractivity contribution in [1.82, 2.24) is 0 Å². The minimum atomic E-state index is -3.59. The largest absolute Gasteiger partial charge is 0.406 e. The summed E-state index contributed by atoms with van der Waals surface area (Å²) in [7, 11) is -17.5. The summed E-state index contributed by atoms with van der Waals surface area (Å²) in [6.07, 6.45) is 0. The van der Waals surface area contributed by atoms with E-state index in [1.165, 1.54) is 41.5 Å². The summed E-state index contributed by atoms with van der Waals surface area (Å²) < 4.78 is 17.2. The molecule has 0 saturated heterocycles. The molecule has 0 aromatic heterocycles. The molecule has 0 unspecified atom stereocenters. The normalized spacial score (nSPS) is 13.0. The second-order valence-corrected chi connectivity index (χ2v) is 59.1. The van der Waals surface area contributed by atoms with E-state index < -0.39 is 48.2 Å². The fourth-order valence-corrected chi connectivity index (χ4v) is 119. The van der Waals surface area contributed by atoms with Crippen molar-refractivity contribution in [1.29, 1.82) is 0 Å². The Bertz CT molecular complexity index is 2380. The van der Waals surface area contributed by atoms with E-state index in [1.807, 2.05) is 0 Å². The van der Waals surface area contributed by atoms with Gasteiger partial charge in [-0.3, -0.25) is 0 Å². The van der Waals surface area contributed by atoms with Gasteiger partial charge in [0.15, 0.2) is 0 Å². The highest BCUT2D eigenvalue weighted by Crippen LogP contribution is 2.42. The maximum atomic E-state index is 8.58. The summed E-state index contributed by atoms with van der Waals surface area (Å²) in [5.74, 6) is 0. The third kappa shape index (κ3) is 7.91. The highest BCUT2D eigenvalue weighted by molar-refractivity contribution is 8.02. The molecule has 8 rings (SSSR count). The van der Waals surface area contributed by atoms with Crippen molar-refractivity contribution in [2.45, 2.75) is 65.8 Å². The maximum Gasteiger partial charge on any atom is 0.248 e. The van der Waals surface area contributed by atoms with Crippen LogP contribution in [0.2, 0.25) is 13.1 Å². The second kappa shape index (κ2) is 18.6. The average Bonchev–Trinajstić information content (AvgIpc) is 3.33. The first-order valence-electron chi connectivity index (χ1n) is 23.1. The molecule has 0 N–H and O–H groups in total. The van der Waals surface area contributed by atoms with Crippen LogP contribution in [0.4, 0.5) is 0 Å². The summed E-state index contributed by atoms with van der Waals surface area (Å²) in [5.41, 5.74) is -1.05. The van der Waals surface area contributed by atoms with E-state index in [0.29, 0.717) is 0 Å². The molecule has 0 spiro atoms. The van der Waals surface area contributed by atoms with Gasteiger partial charge in [-0.2, -0.15) is 0 Å². The van der Waals surface area contributed by atoms with Gasteiger partial charge < -0.3 is 8.85 Å². The standard InChI is InChI=1S/C58H64O2Si5/c1-57(2,3)59-62(49-33-17-9-18-34-49,50-35-19-10-20-36-50)64(53-41-25-13-26-42-53,54-43-27-14-28-44-54)61(7,8)65(55-45-29-15-30-46-55,56-47-31-16-32-48-56)63(60-58(4,5)6,51-37-21-11-22-38-51)52-39-23-12-24-40-52/h9-48H,1-8H3. The molecule has 0 aliphatic heterocycles. The Labute approximate surface area is 393 Å². The molecule has 7 heteroatoms. The van der Waals surface area contributed by atoms with Crippen LogP contribution in [0.5, 0.6) is 0 Å². The van der Waals surface area contributed by atoms with E-state index >= 15 is 0 Å². The molecule has 0 fully saturated rings. The lowest BCUT2D eigenvalue weighted by Gasteiger charge is -2.65.